The minimum absolute atomic E-state index is 0.173. The molecule has 6 nitrogen and oxygen atoms in total. The van der Waals surface area contributed by atoms with Crippen LogP contribution in [0.25, 0.3) is 0 Å². The highest BCUT2D eigenvalue weighted by Gasteiger charge is 2.36. The molecule has 0 radical (unpaired) electrons. The first-order valence-corrected chi connectivity index (χ1v) is 9.84. The monoisotopic (exact) mass is 434 g/mol. The van der Waals surface area contributed by atoms with Crippen LogP contribution in [-0.2, 0) is 17.8 Å². The number of benzene rings is 2. The predicted molar refractivity (Wildman–Crippen MR) is 113 cm³/mol. The van der Waals surface area contributed by atoms with Crippen molar-refractivity contribution in [1.29, 1.82) is 0 Å². The topological polar surface area (TPSA) is 87.7 Å². The molecule has 0 heterocycles. The number of rotatable bonds is 9. The first-order chi connectivity index (χ1) is 14.5. The Morgan fingerprint density at radius 2 is 1.71 bits per heavy atom. The molecule has 0 saturated heterocycles. The van der Waals surface area contributed by atoms with Crippen LogP contribution in [0.3, 0.4) is 0 Å². The Morgan fingerprint density at radius 1 is 1.06 bits per heavy atom. The molecule has 3 N–H and O–H groups in total. The number of amides is 1. The molecule has 0 aliphatic heterocycles. The summed E-state index contributed by atoms with van der Waals surface area (Å²) >= 11 is 0. The van der Waals surface area contributed by atoms with E-state index in [1.54, 1.807) is 13.2 Å². The molecule has 0 spiro atoms. The highest BCUT2D eigenvalue weighted by Crippen LogP contribution is 2.23. The number of carbonyl (C=O) groups is 2. The number of nitrogens with one attached hydrogen (secondary N) is 2. The van der Waals surface area contributed by atoms with Crippen LogP contribution in [0.1, 0.15) is 31.9 Å². The molecule has 2 rings (SSSR count). The number of hydrogen-bond acceptors (Lipinski definition) is 4. The number of methoxy groups -OCH3 is 1. The van der Waals surface area contributed by atoms with Gasteiger partial charge in [0.25, 0.3) is 0 Å². The molecule has 2 aromatic rings. The maximum absolute atomic E-state index is 13.6. The Balaban J connectivity index is 2.26. The van der Waals surface area contributed by atoms with Gasteiger partial charge in [-0.15, -0.1) is 0 Å². The van der Waals surface area contributed by atoms with Gasteiger partial charge in [0, 0.05) is 19.0 Å². The summed E-state index contributed by atoms with van der Waals surface area (Å²) in [5.41, 5.74) is 0.517. The summed E-state index contributed by atoms with van der Waals surface area (Å²) in [7, 11) is 1.56. The normalized spacial score (nSPS) is 13.4. The van der Waals surface area contributed by atoms with Crippen LogP contribution in [0.15, 0.2) is 42.5 Å². The van der Waals surface area contributed by atoms with E-state index >= 15 is 0 Å². The molecule has 0 aliphatic rings. The molecular weight excluding hydrogens is 406 g/mol. The van der Waals surface area contributed by atoms with Crippen molar-refractivity contribution in [1.82, 2.24) is 10.6 Å². The lowest BCUT2D eigenvalue weighted by atomic mass is 9.81. The minimum atomic E-state index is -1.39. The second-order valence-corrected chi connectivity index (χ2v) is 8.42. The average Bonchev–Trinajstić information content (AvgIpc) is 2.65. The first-order valence-electron chi connectivity index (χ1n) is 9.84. The number of Topliss-reactive ketones (excluding diaryl/α,β-unsaturated/α-hetero) is 1. The Hall–Kier alpha value is -3.00. The third-order valence-electron chi connectivity index (χ3n) is 4.80. The molecule has 168 valence electrons. The fraction of sp³-hybridized carbons (Fsp3) is 0.391. The molecule has 0 aliphatic carbocycles. The van der Waals surface area contributed by atoms with E-state index in [9.17, 15) is 23.5 Å². The van der Waals surface area contributed by atoms with Crippen LogP contribution < -0.4 is 15.4 Å². The van der Waals surface area contributed by atoms with Gasteiger partial charge in [0.2, 0.25) is 0 Å². The van der Waals surface area contributed by atoms with Crippen molar-refractivity contribution in [2.75, 3.05) is 7.11 Å². The smallest absolute Gasteiger partial charge is 0.405 e. The average molecular weight is 434 g/mol. The quantitative estimate of drug-likeness (QED) is 0.557. The Morgan fingerprint density at radius 3 is 2.26 bits per heavy atom. The van der Waals surface area contributed by atoms with Crippen molar-refractivity contribution >= 4 is 11.9 Å². The van der Waals surface area contributed by atoms with Gasteiger partial charge in [0.05, 0.1) is 19.2 Å². The SMILES string of the molecule is COc1cccc(CNC(C(=O)[C@H](Cc2cc(F)cc(F)c2)NC(=O)O)C(C)(C)C)c1. The summed E-state index contributed by atoms with van der Waals surface area (Å²) in [6.07, 6.45) is -1.57. The van der Waals surface area contributed by atoms with Crippen LogP contribution in [0.5, 0.6) is 5.75 Å². The third-order valence-corrected chi connectivity index (χ3v) is 4.80. The highest BCUT2D eigenvalue weighted by atomic mass is 19.1. The zero-order chi connectivity index (χ0) is 23.2. The Kier molecular flexibility index (Phi) is 8.10. The van der Waals surface area contributed by atoms with E-state index < -0.39 is 41.0 Å². The van der Waals surface area contributed by atoms with Crippen LogP contribution in [0.4, 0.5) is 13.6 Å². The van der Waals surface area contributed by atoms with Crippen LogP contribution in [-0.4, -0.2) is 36.2 Å². The van der Waals surface area contributed by atoms with Crippen molar-refractivity contribution in [2.45, 2.75) is 45.8 Å². The molecule has 2 atom stereocenters. The van der Waals surface area contributed by atoms with Gasteiger partial charge >= 0.3 is 6.09 Å². The van der Waals surface area contributed by atoms with Gasteiger partial charge in [-0.2, -0.15) is 0 Å². The van der Waals surface area contributed by atoms with E-state index in [2.05, 4.69) is 10.6 Å². The summed E-state index contributed by atoms with van der Waals surface area (Å²) in [6.45, 7) is 5.91. The van der Waals surface area contributed by atoms with Gasteiger partial charge < -0.3 is 20.5 Å². The lowest BCUT2D eigenvalue weighted by Crippen LogP contribution is -2.55. The summed E-state index contributed by atoms with van der Waals surface area (Å²) in [6, 6.07) is 8.33. The third kappa shape index (κ3) is 7.32. The number of halogens is 2. The first kappa shape index (κ1) is 24.3. The number of hydrogen-bond donors (Lipinski definition) is 3. The maximum Gasteiger partial charge on any atom is 0.405 e. The Labute approximate surface area is 180 Å². The lowest BCUT2D eigenvalue weighted by molar-refractivity contribution is -0.125. The van der Waals surface area contributed by atoms with E-state index in [4.69, 9.17) is 4.74 Å². The molecule has 2 aromatic carbocycles. The zero-order valence-corrected chi connectivity index (χ0v) is 18.0. The van der Waals surface area contributed by atoms with E-state index in [1.165, 1.54) is 0 Å². The molecule has 8 heteroatoms. The number of ketones is 1. The predicted octanol–water partition coefficient (Wildman–Crippen LogP) is 3.93. The highest BCUT2D eigenvalue weighted by molar-refractivity contribution is 5.92. The van der Waals surface area contributed by atoms with Crippen molar-refractivity contribution in [3.8, 4) is 5.75 Å². The zero-order valence-electron chi connectivity index (χ0n) is 18.0. The summed E-state index contributed by atoms with van der Waals surface area (Å²) in [5.74, 6) is -1.32. The van der Waals surface area contributed by atoms with Crippen LogP contribution in [0.2, 0.25) is 0 Å². The molecule has 1 unspecified atom stereocenters. The summed E-state index contributed by atoms with van der Waals surface area (Å²) in [5, 5.41) is 14.6. The van der Waals surface area contributed by atoms with Crippen molar-refractivity contribution in [3.05, 3.63) is 65.2 Å². The summed E-state index contributed by atoms with van der Waals surface area (Å²) < 4.78 is 32.4. The van der Waals surface area contributed by atoms with Crippen molar-refractivity contribution in [3.63, 3.8) is 0 Å². The van der Waals surface area contributed by atoms with Gasteiger partial charge in [-0.25, -0.2) is 13.6 Å². The van der Waals surface area contributed by atoms with Gasteiger partial charge in [-0.3, -0.25) is 4.79 Å². The van der Waals surface area contributed by atoms with Gasteiger partial charge in [0.15, 0.2) is 5.78 Å². The number of carbonyl (C=O) groups excluding carboxylic acids is 1. The lowest BCUT2D eigenvalue weighted by Gasteiger charge is -2.33. The van der Waals surface area contributed by atoms with Gasteiger partial charge in [-0.05, 0) is 40.8 Å². The fourth-order valence-electron chi connectivity index (χ4n) is 3.37. The summed E-state index contributed by atoms with van der Waals surface area (Å²) in [4.78, 5) is 24.7. The molecule has 0 saturated carbocycles. The second kappa shape index (κ2) is 10.3. The molecule has 0 aromatic heterocycles. The van der Waals surface area contributed by atoms with E-state index in [0.29, 0.717) is 12.3 Å². The number of carboxylic acid groups (broad SMARTS) is 1. The molecule has 1 amide bonds. The molecule has 0 fully saturated rings. The maximum atomic E-state index is 13.6. The molecule has 31 heavy (non-hydrogen) atoms. The molecule has 0 bridgehead atoms. The minimum Gasteiger partial charge on any atom is -0.497 e. The second-order valence-electron chi connectivity index (χ2n) is 8.42. The van der Waals surface area contributed by atoms with Crippen LogP contribution in [0, 0.1) is 17.0 Å². The number of ether oxygens (including phenoxy) is 1. The van der Waals surface area contributed by atoms with Gasteiger partial charge in [-0.1, -0.05) is 32.9 Å². The van der Waals surface area contributed by atoms with E-state index in [-0.39, 0.29) is 12.0 Å². The van der Waals surface area contributed by atoms with E-state index in [1.807, 2.05) is 39.0 Å². The van der Waals surface area contributed by atoms with E-state index in [0.717, 1.165) is 23.8 Å². The Bertz CT molecular complexity index is 908. The standard InChI is InChI=1S/C23H28F2N2O4/c1-23(2,3)21(26-13-14-6-5-7-18(10-14)31-4)20(28)19(27-22(29)30)11-15-8-16(24)12-17(25)9-15/h5-10,12,19,21,26-27H,11,13H2,1-4H3,(H,29,30)/t19-,21?/m0/s1. The largest absolute Gasteiger partial charge is 0.497 e. The molecular formula is C23H28F2N2O4. The van der Waals surface area contributed by atoms with Crippen molar-refractivity contribution in [2.24, 2.45) is 5.41 Å². The van der Waals surface area contributed by atoms with Crippen LogP contribution >= 0.6 is 0 Å². The fourth-order valence-corrected chi connectivity index (χ4v) is 3.37. The van der Waals surface area contributed by atoms with Crippen molar-refractivity contribution < 1.29 is 28.2 Å². The van der Waals surface area contributed by atoms with Gasteiger partial charge in [0.1, 0.15) is 17.4 Å².